The fourth-order valence-corrected chi connectivity index (χ4v) is 3.35. The molecule has 4 aromatic rings. The molecule has 2 N–H and O–H groups in total. The standard InChI is InChI=1S/C23H27N7O2/c1-4-30(5-2)12-13-31-18-7-9-22(24-15-18)32-17-6-8-20-19(14-17)23(26-16-25-20)27-21-10-11-29(3)28-21/h6-11,14-16H,4-5,12-13H2,1-3H3,(H,25,26,27,28)/p+1. The van der Waals surface area contributed by atoms with E-state index in [1.54, 1.807) is 16.9 Å². The van der Waals surface area contributed by atoms with Crippen LogP contribution in [0.4, 0.5) is 11.6 Å². The highest BCUT2D eigenvalue weighted by Crippen LogP contribution is 2.28. The monoisotopic (exact) mass is 434 g/mol. The predicted octanol–water partition coefficient (Wildman–Crippen LogP) is 2.60. The van der Waals surface area contributed by atoms with Crippen molar-refractivity contribution in [3.63, 3.8) is 0 Å². The zero-order chi connectivity index (χ0) is 22.3. The molecule has 0 spiro atoms. The maximum Gasteiger partial charge on any atom is 0.219 e. The van der Waals surface area contributed by atoms with Gasteiger partial charge < -0.3 is 19.7 Å². The van der Waals surface area contributed by atoms with E-state index in [0.717, 1.165) is 36.3 Å². The van der Waals surface area contributed by atoms with Gasteiger partial charge in [0.2, 0.25) is 5.88 Å². The maximum absolute atomic E-state index is 5.95. The highest BCUT2D eigenvalue weighted by Gasteiger charge is 2.09. The van der Waals surface area contributed by atoms with Crippen molar-refractivity contribution in [2.24, 2.45) is 7.05 Å². The molecule has 3 heterocycles. The Kier molecular flexibility index (Phi) is 6.76. The van der Waals surface area contributed by atoms with Crippen LogP contribution in [0, 0.1) is 0 Å². The number of likely N-dealkylation sites (N-methyl/N-ethyl adjacent to an activating group) is 1. The van der Waals surface area contributed by atoms with Gasteiger partial charge in [-0.05, 0) is 38.1 Å². The minimum absolute atomic E-state index is 0.488. The largest absolute Gasteiger partial charge is 0.486 e. The first-order valence-corrected chi connectivity index (χ1v) is 10.8. The Balaban J connectivity index is 1.44. The van der Waals surface area contributed by atoms with E-state index >= 15 is 0 Å². The number of aryl methyl sites for hydroxylation is 1. The molecule has 0 bridgehead atoms. The molecular formula is C23H28N7O2+. The number of aromatic nitrogens is 5. The third-order valence-corrected chi connectivity index (χ3v) is 5.22. The number of rotatable bonds is 10. The molecule has 0 amide bonds. The number of benzene rings is 1. The molecular weight excluding hydrogens is 406 g/mol. The Hall–Kier alpha value is -3.72. The lowest BCUT2D eigenvalue weighted by Gasteiger charge is -2.15. The van der Waals surface area contributed by atoms with Crippen LogP contribution in [-0.4, -0.2) is 51.0 Å². The number of anilines is 2. The smallest absolute Gasteiger partial charge is 0.219 e. The summed E-state index contributed by atoms with van der Waals surface area (Å²) in [4.78, 5) is 14.6. The van der Waals surface area contributed by atoms with E-state index in [1.165, 1.54) is 11.2 Å². The lowest BCUT2D eigenvalue weighted by atomic mass is 10.2. The van der Waals surface area contributed by atoms with Gasteiger partial charge in [0.1, 0.15) is 36.8 Å². The molecule has 32 heavy (non-hydrogen) atoms. The van der Waals surface area contributed by atoms with Gasteiger partial charge in [-0.15, -0.1) is 0 Å². The van der Waals surface area contributed by atoms with Gasteiger partial charge in [0.05, 0.1) is 24.8 Å². The van der Waals surface area contributed by atoms with Gasteiger partial charge >= 0.3 is 0 Å². The molecule has 0 saturated carbocycles. The van der Waals surface area contributed by atoms with Crippen LogP contribution >= 0.6 is 0 Å². The SMILES string of the molecule is CC[NH+](CC)CCOc1ccc(Oc2ccc3ncnc(Nc4ccn(C)n4)c3c2)nc1. The average molecular weight is 435 g/mol. The second kappa shape index (κ2) is 10.1. The van der Waals surface area contributed by atoms with Crippen molar-refractivity contribution in [2.45, 2.75) is 13.8 Å². The van der Waals surface area contributed by atoms with Crippen molar-refractivity contribution >= 4 is 22.5 Å². The summed E-state index contributed by atoms with van der Waals surface area (Å²) >= 11 is 0. The number of pyridine rings is 1. The number of hydrogen-bond donors (Lipinski definition) is 2. The van der Waals surface area contributed by atoms with Gasteiger partial charge in [-0.3, -0.25) is 4.68 Å². The van der Waals surface area contributed by atoms with Crippen LogP contribution in [0.15, 0.2) is 55.1 Å². The Morgan fingerprint density at radius 3 is 2.56 bits per heavy atom. The number of hydrogen-bond acceptors (Lipinski definition) is 7. The number of nitrogens with zero attached hydrogens (tertiary/aromatic N) is 5. The number of fused-ring (bicyclic) bond motifs is 1. The van der Waals surface area contributed by atoms with Gasteiger partial charge in [-0.25, -0.2) is 15.0 Å². The van der Waals surface area contributed by atoms with Crippen LogP contribution in [0.2, 0.25) is 0 Å². The van der Waals surface area contributed by atoms with Gasteiger partial charge in [-0.1, -0.05) is 0 Å². The number of ether oxygens (including phenoxy) is 2. The van der Waals surface area contributed by atoms with Gasteiger partial charge in [0.15, 0.2) is 5.82 Å². The van der Waals surface area contributed by atoms with E-state index in [2.05, 4.69) is 39.2 Å². The average Bonchev–Trinajstić information content (AvgIpc) is 3.23. The van der Waals surface area contributed by atoms with Crippen LogP contribution in [-0.2, 0) is 7.05 Å². The van der Waals surface area contributed by atoms with Crippen molar-refractivity contribution in [1.29, 1.82) is 0 Å². The molecule has 0 aliphatic heterocycles. The zero-order valence-electron chi connectivity index (χ0n) is 18.6. The molecule has 4 rings (SSSR count). The lowest BCUT2D eigenvalue weighted by Crippen LogP contribution is -3.12. The molecule has 0 radical (unpaired) electrons. The van der Waals surface area contributed by atoms with Crippen molar-refractivity contribution in [3.8, 4) is 17.4 Å². The van der Waals surface area contributed by atoms with Crippen molar-refractivity contribution < 1.29 is 14.4 Å². The Labute approximate surface area is 187 Å². The molecule has 166 valence electrons. The molecule has 9 nitrogen and oxygen atoms in total. The molecule has 1 aromatic carbocycles. The van der Waals surface area contributed by atoms with E-state index in [9.17, 15) is 0 Å². The van der Waals surface area contributed by atoms with Gasteiger partial charge in [0, 0.05) is 30.8 Å². The second-order valence-corrected chi connectivity index (χ2v) is 7.39. The Morgan fingerprint density at radius 2 is 1.84 bits per heavy atom. The summed E-state index contributed by atoms with van der Waals surface area (Å²) < 4.78 is 13.5. The molecule has 0 saturated heterocycles. The molecule has 0 fully saturated rings. The minimum atomic E-state index is 0.488. The summed E-state index contributed by atoms with van der Waals surface area (Å²) in [6.45, 7) is 8.20. The van der Waals surface area contributed by atoms with Crippen molar-refractivity contribution in [2.75, 3.05) is 31.6 Å². The molecule has 0 aliphatic rings. The first-order chi connectivity index (χ1) is 15.6. The second-order valence-electron chi connectivity index (χ2n) is 7.39. The van der Waals surface area contributed by atoms with Crippen molar-refractivity contribution in [3.05, 3.63) is 55.1 Å². The number of nitrogens with one attached hydrogen (secondary N) is 2. The summed E-state index contributed by atoms with van der Waals surface area (Å²) in [5.74, 6) is 3.23. The topological polar surface area (TPSA) is 91.4 Å². The fourth-order valence-electron chi connectivity index (χ4n) is 3.35. The highest BCUT2D eigenvalue weighted by molar-refractivity contribution is 5.91. The molecule has 9 heteroatoms. The molecule has 3 aromatic heterocycles. The van der Waals surface area contributed by atoms with E-state index in [0.29, 0.717) is 29.9 Å². The molecule has 0 aliphatic carbocycles. The molecule has 0 unspecified atom stereocenters. The Bertz CT molecular complexity index is 1160. The van der Waals surface area contributed by atoms with E-state index < -0.39 is 0 Å². The van der Waals surface area contributed by atoms with E-state index in [4.69, 9.17) is 9.47 Å². The van der Waals surface area contributed by atoms with Crippen LogP contribution in [0.5, 0.6) is 17.4 Å². The molecule has 0 atom stereocenters. The summed E-state index contributed by atoms with van der Waals surface area (Å²) in [7, 11) is 1.87. The first-order valence-electron chi connectivity index (χ1n) is 10.8. The predicted molar refractivity (Wildman–Crippen MR) is 123 cm³/mol. The zero-order valence-corrected chi connectivity index (χ0v) is 18.6. The summed E-state index contributed by atoms with van der Waals surface area (Å²) in [6.07, 6.45) is 5.07. The van der Waals surface area contributed by atoms with Crippen LogP contribution < -0.4 is 19.7 Å². The maximum atomic E-state index is 5.95. The normalized spacial score (nSPS) is 11.1. The van der Waals surface area contributed by atoms with E-state index in [-0.39, 0.29) is 0 Å². The van der Waals surface area contributed by atoms with Gasteiger partial charge in [-0.2, -0.15) is 5.10 Å². The van der Waals surface area contributed by atoms with Crippen LogP contribution in [0.1, 0.15) is 13.8 Å². The lowest BCUT2D eigenvalue weighted by molar-refractivity contribution is -0.896. The van der Waals surface area contributed by atoms with Crippen molar-refractivity contribution in [1.82, 2.24) is 24.7 Å². The third-order valence-electron chi connectivity index (χ3n) is 5.22. The quantitative estimate of drug-likeness (QED) is 0.396. The summed E-state index contributed by atoms with van der Waals surface area (Å²) in [5, 5.41) is 8.40. The number of quaternary nitrogens is 1. The fraction of sp³-hybridized carbons (Fsp3) is 0.304. The first kappa shape index (κ1) is 21.5. The van der Waals surface area contributed by atoms with E-state index in [1.807, 2.05) is 43.6 Å². The van der Waals surface area contributed by atoms with Crippen LogP contribution in [0.25, 0.3) is 10.9 Å². The Morgan fingerprint density at radius 1 is 1.00 bits per heavy atom. The van der Waals surface area contributed by atoms with Crippen LogP contribution in [0.3, 0.4) is 0 Å². The summed E-state index contributed by atoms with van der Waals surface area (Å²) in [6, 6.07) is 11.2. The third kappa shape index (κ3) is 5.30. The highest BCUT2D eigenvalue weighted by atomic mass is 16.5. The minimum Gasteiger partial charge on any atom is -0.486 e. The summed E-state index contributed by atoms with van der Waals surface area (Å²) in [5.41, 5.74) is 0.804. The van der Waals surface area contributed by atoms with Gasteiger partial charge in [0.25, 0.3) is 0 Å².